The van der Waals surface area contributed by atoms with Crippen molar-refractivity contribution in [2.45, 2.75) is 13.1 Å². The minimum atomic E-state index is -0.419. The van der Waals surface area contributed by atoms with Crippen LogP contribution in [0.25, 0.3) is 22.3 Å². The summed E-state index contributed by atoms with van der Waals surface area (Å²) in [5.41, 5.74) is 20.0. The Morgan fingerprint density at radius 2 is 0.963 bits per heavy atom. The fourth-order valence-corrected chi connectivity index (χ4v) is 5.44. The van der Waals surface area contributed by atoms with Gasteiger partial charge in [-0.1, -0.05) is 36.4 Å². The highest BCUT2D eigenvalue weighted by atomic mass is 16.5. The third kappa shape index (κ3) is 9.64. The number of amides is 2. The number of rotatable bonds is 10. The normalized spacial score (nSPS) is 10.3. The van der Waals surface area contributed by atoms with Gasteiger partial charge in [-0.2, -0.15) is 0 Å². The third-order valence-corrected chi connectivity index (χ3v) is 8.27. The lowest BCUT2D eigenvalue weighted by Crippen LogP contribution is -2.12. The first-order valence-electron chi connectivity index (χ1n) is 16.7. The van der Waals surface area contributed by atoms with E-state index in [1.807, 2.05) is 30.3 Å². The fraction of sp³-hybridized carbons (Fsp3) is 0.0952. The van der Waals surface area contributed by atoms with Crippen molar-refractivity contribution < 1.29 is 28.7 Å². The summed E-state index contributed by atoms with van der Waals surface area (Å²) in [4.78, 5) is 56.4. The average molecular weight is 723 g/mol. The van der Waals surface area contributed by atoms with Crippen LogP contribution in [0.1, 0.15) is 52.6 Å². The van der Waals surface area contributed by atoms with E-state index in [9.17, 15) is 19.2 Å². The molecule has 6 N–H and O–H groups in total. The van der Waals surface area contributed by atoms with Gasteiger partial charge in [0, 0.05) is 60.4 Å². The molecule has 0 spiro atoms. The van der Waals surface area contributed by atoms with E-state index in [0.717, 1.165) is 33.4 Å². The molecule has 12 heteroatoms. The molecule has 6 rings (SSSR count). The lowest BCUT2D eigenvalue weighted by atomic mass is 9.95. The van der Waals surface area contributed by atoms with Crippen LogP contribution in [0.4, 0.5) is 11.4 Å². The molecule has 0 fully saturated rings. The average Bonchev–Trinajstić information content (AvgIpc) is 3.23. The second-order valence-electron chi connectivity index (χ2n) is 11.7. The van der Waals surface area contributed by atoms with Gasteiger partial charge in [-0.25, -0.2) is 9.59 Å². The highest BCUT2D eigenvalue weighted by Gasteiger charge is 2.15. The number of anilines is 2. The summed E-state index contributed by atoms with van der Waals surface area (Å²) in [5, 5.41) is 5.66. The molecular formula is C42H38N6O6. The molecule has 12 nitrogen and oxygen atoms in total. The number of nitrogens with zero attached hydrogens (tertiary/aromatic N) is 2. The lowest BCUT2D eigenvalue weighted by Gasteiger charge is -2.12. The number of aromatic nitrogens is 2. The van der Waals surface area contributed by atoms with Crippen molar-refractivity contribution in [1.82, 2.24) is 9.97 Å². The zero-order valence-electron chi connectivity index (χ0n) is 29.6. The van der Waals surface area contributed by atoms with Crippen LogP contribution in [0.5, 0.6) is 0 Å². The Hall–Kier alpha value is -7.02. The maximum absolute atomic E-state index is 12.6. The van der Waals surface area contributed by atoms with Gasteiger partial charge in [0.25, 0.3) is 11.8 Å². The van der Waals surface area contributed by atoms with Crippen LogP contribution < -0.4 is 22.1 Å². The highest BCUT2D eigenvalue weighted by Crippen LogP contribution is 2.28. The van der Waals surface area contributed by atoms with Crippen molar-refractivity contribution in [3.05, 3.63) is 167 Å². The molecule has 0 atom stereocenters. The van der Waals surface area contributed by atoms with Crippen LogP contribution in [0.3, 0.4) is 0 Å². The predicted molar refractivity (Wildman–Crippen MR) is 207 cm³/mol. The molecule has 54 heavy (non-hydrogen) atoms. The van der Waals surface area contributed by atoms with E-state index in [1.165, 1.54) is 14.2 Å². The molecular weight excluding hydrogens is 684 g/mol. The Morgan fingerprint density at radius 1 is 0.519 bits per heavy atom. The largest absolute Gasteiger partial charge is 0.465 e. The summed E-state index contributed by atoms with van der Waals surface area (Å²) in [5.74, 6) is -1.28. The van der Waals surface area contributed by atoms with Crippen LogP contribution in [0, 0.1) is 0 Å². The Bertz CT molecular complexity index is 2250. The number of benzene rings is 4. The van der Waals surface area contributed by atoms with Gasteiger partial charge < -0.3 is 31.6 Å². The number of pyridine rings is 2. The molecule has 0 aliphatic rings. The van der Waals surface area contributed by atoms with E-state index in [4.69, 9.17) is 20.9 Å². The summed E-state index contributed by atoms with van der Waals surface area (Å²) in [6.07, 6.45) is 6.44. The fourth-order valence-electron chi connectivity index (χ4n) is 5.44. The summed E-state index contributed by atoms with van der Waals surface area (Å²) < 4.78 is 9.50. The number of hydrogen-bond donors (Lipinski definition) is 4. The van der Waals surface area contributed by atoms with E-state index >= 15 is 0 Å². The highest BCUT2D eigenvalue weighted by molar-refractivity contribution is 6.06. The summed E-state index contributed by atoms with van der Waals surface area (Å²) >= 11 is 0. The zero-order chi connectivity index (χ0) is 38.5. The van der Waals surface area contributed by atoms with E-state index in [1.54, 1.807) is 104 Å². The first kappa shape index (κ1) is 38.2. The monoisotopic (exact) mass is 722 g/mol. The van der Waals surface area contributed by atoms with Crippen molar-refractivity contribution in [3.63, 3.8) is 0 Å². The SMILES string of the molecule is COC(=O)c1ccc(-c2cc(C(=O)Nc3ccncc3)ccc2CN)cc1.COC(=O)c1cccc(-c2cc(C(=O)Nc3ccncc3)ccc2CN)c1. The van der Waals surface area contributed by atoms with Gasteiger partial charge in [0.2, 0.25) is 0 Å². The molecule has 0 aliphatic carbocycles. The van der Waals surface area contributed by atoms with E-state index in [-0.39, 0.29) is 11.8 Å². The number of carbonyl (C=O) groups is 4. The Morgan fingerprint density at radius 3 is 1.43 bits per heavy atom. The standard InChI is InChI=1S/2C21H19N3O3/c1-27-21(26)15-4-2-14(3-5-15)19-12-16(6-7-17(19)13-22)20(25)24-18-8-10-23-11-9-18;1-27-21(26)16-4-2-3-14(11-16)19-12-15(5-6-17(19)13-22)20(25)24-18-7-9-23-10-8-18/h2*2-12H,13,22H2,1H3,(H,23,24,25). The van der Waals surface area contributed by atoms with Gasteiger partial charge >= 0.3 is 11.9 Å². The van der Waals surface area contributed by atoms with E-state index in [0.29, 0.717) is 46.7 Å². The summed E-state index contributed by atoms with van der Waals surface area (Å²) in [6, 6.07) is 31.6. The number of nitrogens with two attached hydrogens (primary N) is 2. The molecule has 0 bridgehead atoms. The Kier molecular flexibility index (Phi) is 13.1. The van der Waals surface area contributed by atoms with Gasteiger partial charge in [-0.3, -0.25) is 19.6 Å². The molecule has 6 aromatic rings. The minimum absolute atomic E-state index is 0.225. The molecule has 4 aromatic carbocycles. The van der Waals surface area contributed by atoms with Gasteiger partial charge in [-0.15, -0.1) is 0 Å². The van der Waals surface area contributed by atoms with Crippen molar-refractivity contribution in [2.24, 2.45) is 11.5 Å². The number of carbonyl (C=O) groups excluding carboxylic acids is 4. The minimum Gasteiger partial charge on any atom is -0.465 e. The topological polar surface area (TPSA) is 189 Å². The maximum Gasteiger partial charge on any atom is 0.337 e. The van der Waals surface area contributed by atoms with Crippen molar-refractivity contribution >= 4 is 35.1 Å². The predicted octanol–water partition coefficient (Wildman–Crippen LogP) is 6.49. The van der Waals surface area contributed by atoms with Gasteiger partial charge in [0.05, 0.1) is 25.3 Å². The smallest absolute Gasteiger partial charge is 0.337 e. The van der Waals surface area contributed by atoms with Crippen LogP contribution in [0.15, 0.2) is 134 Å². The van der Waals surface area contributed by atoms with Crippen LogP contribution >= 0.6 is 0 Å². The second-order valence-corrected chi connectivity index (χ2v) is 11.7. The molecule has 272 valence electrons. The van der Waals surface area contributed by atoms with Crippen molar-refractivity contribution in [2.75, 3.05) is 24.9 Å². The number of methoxy groups -OCH3 is 2. The zero-order valence-corrected chi connectivity index (χ0v) is 29.6. The van der Waals surface area contributed by atoms with Crippen LogP contribution in [0.2, 0.25) is 0 Å². The number of hydrogen-bond acceptors (Lipinski definition) is 10. The van der Waals surface area contributed by atoms with Crippen LogP contribution in [-0.2, 0) is 22.6 Å². The Labute approximate surface area is 312 Å². The van der Waals surface area contributed by atoms with Gasteiger partial charge in [0.1, 0.15) is 0 Å². The van der Waals surface area contributed by atoms with Crippen molar-refractivity contribution in [3.8, 4) is 22.3 Å². The summed E-state index contributed by atoms with van der Waals surface area (Å²) in [6.45, 7) is 0.643. The molecule has 0 saturated heterocycles. The Balaban J connectivity index is 0.000000208. The molecule has 2 amide bonds. The van der Waals surface area contributed by atoms with E-state index in [2.05, 4.69) is 20.6 Å². The molecule has 2 heterocycles. The van der Waals surface area contributed by atoms with E-state index < -0.39 is 11.9 Å². The summed E-state index contributed by atoms with van der Waals surface area (Å²) in [7, 11) is 2.68. The van der Waals surface area contributed by atoms with Gasteiger partial charge in [-0.05, 0) is 106 Å². The third-order valence-electron chi connectivity index (χ3n) is 8.27. The molecule has 0 aliphatic heterocycles. The van der Waals surface area contributed by atoms with Crippen LogP contribution in [-0.4, -0.2) is 47.9 Å². The molecule has 0 unspecified atom stereocenters. The maximum atomic E-state index is 12.6. The lowest BCUT2D eigenvalue weighted by molar-refractivity contribution is 0.0592. The number of ether oxygens (including phenoxy) is 2. The number of esters is 2. The van der Waals surface area contributed by atoms with Gasteiger partial charge in [0.15, 0.2) is 0 Å². The molecule has 0 radical (unpaired) electrons. The first-order chi connectivity index (χ1) is 26.2. The first-order valence-corrected chi connectivity index (χ1v) is 16.7. The molecule has 0 saturated carbocycles. The van der Waals surface area contributed by atoms with Crippen molar-refractivity contribution in [1.29, 1.82) is 0 Å². The second kappa shape index (κ2) is 18.5. The quantitative estimate of drug-likeness (QED) is 0.114. The number of nitrogens with one attached hydrogen (secondary N) is 2. The molecule has 2 aromatic heterocycles.